The van der Waals surface area contributed by atoms with Gasteiger partial charge in [-0.1, -0.05) is 19.8 Å². The molecule has 78 valence electrons. The molecule has 0 radical (unpaired) electrons. The van der Waals surface area contributed by atoms with E-state index in [9.17, 15) is 0 Å². The lowest BCUT2D eigenvalue weighted by Gasteiger charge is -2.33. The van der Waals surface area contributed by atoms with E-state index in [1.807, 2.05) is 0 Å². The third-order valence-electron chi connectivity index (χ3n) is 3.11. The van der Waals surface area contributed by atoms with Gasteiger partial charge in [0.1, 0.15) is 0 Å². The lowest BCUT2D eigenvalue weighted by Crippen LogP contribution is -2.47. The predicted molar refractivity (Wildman–Crippen MR) is 54.6 cm³/mol. The van der Waals surface area contributed by atoms with Gasteiger partial charge in [0, 0.05) is 18.6 Å². The van der Waals surface area contributed by atoms with Gasteiger partial charge in [0.25, 0.3) is 0 Å². The first-order valence-electron chi connectivity index (χ1n) is 5.40. The maximum atomic E-state index is 9.17. The van der Waals surface area contributed by atoms with Crippen LogP contribution in [0.4, 0.5) is 0 Å². The largest absolute Gasteiger partial charge is 0.395 e. The molecular formula is C10H22N2O. The number of likely N-dealkylation sites (N-methyl/N-ethyl adjacent to an activating group) is 1. The topological polar surface area (TPSA) is 49.5 Å². The number of nitrogens with zero attached hydrogens (tertiary/aromatic N) is 1. The van der Waals surface area contributed by atoms with Crippen LogP contribution in [0.3, 0.4) is 0 Å². The van der Waals surface area contributed by atoms with E-state index in [0.29, 0.717) is 12.6 Å². The Bertz CT molecular complexity index is 129. The summed E-state index contributed by atoms with van der Waals surface area (Å²) in [7, 11) is 0. The zero-order valence-corrected chi connectivity index (χ0v) is 8.58. The molecule has 3 N–H and O–H groups in total. The highest BCUT2D eigenvalue weighted by atomic mass is 16.3. The van der Waals surface area contributed by atoms with Gasteiger partial charge in [-0.15, -0.1) is 0 Å². The number of aliphatic hydroxyl groups excluding tert-OH is 1. The quantitative estimate of drug-likeness (QED) is 0.660. The number of hydrogen-bond donors (Lipinski definition) is 2. The first kappa shape index (κ1) is 11.0. The molecule has 3 nitrogen and oxygen atoms in total. The minimum Gasteiger partial charge on any atom is -0.395 e. The van der Waals surface area contributed by atoms with Crippen molar-refractivity contribution in [3.63, 3.8) is 0 Å². The molecule has 0 aromatic carbocycles. The number of nitrogens with two attached hydrogens (primary N) is 1. The summed E-state index contributed by atoms with van der Waals surface area (Å²) in [5.41, 5.74) is 5.63. The first-order chi connectivity index (χ1) is 6.33. The molecule has 0 heterocycles. The van der Waals surface area contributed by atoms with E-state index in [1.54, 1.807) is 0 Å². The Labute approximate surface area is 80.9 Å². The van der Waals surface area contributed by atoms with Crippen LogP contribution in [-0.4, -0.2) is 41.8 Å². The smallest absolute Gasteiger partial charge is 0.0599 e. The summed E-state index contributed by atoms with van der Waals surface area (Å²) in [6, 6.07) is 0.846. The van der Waals surface area contributed by atoms with Crippen molar-refractivity contribution in [2.75, 3.05) is 19.7 Å². The molecule has 1 saturated carbocycles. The van der Waals surface area contributed by atoms with Crippen LogP contribution < -0.4 is 5.73 Å². The predicted octanol–water partition coefficient (Wildman–Crippen LogP) is 0.570. The lowest BCUT2D eigenvalue weighted by atomic mass is 10.1. The summed E-state index contributed by atoms with van der Waals surface area (Å²) < 4.78 is 0. The molecule has 0 saturated heterocycles. The molecule has 3 heteroatoms. The highest BCUT2D eigenvalue weighted by molar-refractivity contribution is 4.82. The van der Waals surface area contributed by atoms with Gasteiger partial charge in [0.2, 0.25) is 0 Å². The van der Waals surface area contributed by atoms with Gasteiger partial charge in [-0.3, -0.25) is 4.90 Å². The van der Waals surface area contributed by atoms with Gasteiger partial charge < -0.3 is 10.8 Å². The van der Waals surface area contributed by atoms with Crippen LogP contribution in [0.1, 0.15) is 32.6 Å². The zero-order chi connectivity index (χ0) is 9.68. The maximum Gasteiger partial charge on any atom is 0.0599 e. The van der Waals surface area contributed by atoms with E-state index in [-0.39, 0.29) is 12.6 Å². The van der Waals surface area contributed by atoms with E-state index in [0.717, 1.165) is 6.54 Å². The Morgan fingerprint density at radius 1 is 1.46 bits per heavy atom. The average molecular weight is 186 g/mol. The van der Waals surface area contributed by atoms with E-state index < -0.39 is 0 Å². The Morgan fingerprint density at radius 2 is 2.08 bits per heavy atom. The first-order valence-corrected chi connectivity index (χ1v) is 5.40. The van der Waals surface area contributed by atoms with Gasteiger partial charge in [0.15, 0.2) is 0 Å². The molecular weight excluding hydrogens is 164 g/mol. The van der Waals surface area contributed by atoms with Crippen molar-refractivity contribution in [2.45, 2.75) is 44.7 Å². The molecule has 1 fully saturated rings. The van der Waals surface area contributed by atoms with Crippen molar-refractivity contribution in [1.29, 1.82) is 0 Å². The second-order valence-corrected chi connectivity index (χ2v) is 3.84. The fourth-order valence-corrected chi connectivity index (χ4v) is 2.37. The van der Waals surface area contributed by atoms with Gasteiger partial charge in [-0.05, 0) is 19.4 Å². The Balaban J connectivity index is 2.48. The fraction of sp³-hybridized carbons (Fsp3) is 1.00. The minimum absolute atomic E-state index is 0.174. The molecule has 0 spiro atoms. The molecule has 0 aliphatic heterocycles. The van der Waals surface area contributed by atoms with Crippen LogP contribution in [0.2, 0.25) is 0 Å². The maximum absolute atomic E-state index is 9.17. The molecule has 0 amide bonds. The standard InChI is InChI=1S/C10H22N2O/c1-2-12(10(7-11)8-13)9-5-3-4-6-9/h9-10,13H,2-8,11H2,1H3. The van der Waals surface area contributed by atoms with Crippen LogP contribution in [0.25, 0.3) is 0 Å². The minimum atomic E-state index is 0.174. The van der Waals surface area contributed by atoms with Gasteiger partial charge in [-0.25, -0.2) is 0 Å². The molecule has 1 atom stereocenters. The Hall–Kier alpha value is -0.120. The van der Waals surface area contributed by atoms with E-state index in [4.69, 9.17) is 10.8 Å². The van der Waals surface area contributed by atoms with Crippen molar-refractivity contribution in [1.82, 2.24) is 4.90 Å². The zero-order valence-electron chi connectivity index (χ0n) is 8.58. The highest BCUT2D eigenvalue weighted by Gasteiger charge is 2.25. The van der Waals surface area contributed by atoms with E-state index in [1.165, 1.54) is 25.7 Å². The van der Waals surface area contributed by atoms with Gasteiger partial charge >= 0.3 is 0 Å². The van der Waals surface area contributed by atoms with Crippen molar-refractivity contribution in [2.24, 2.45) is 5.73 Å². The van der Waals surface area contributed by atoms with E-state index >= 15 is 0 Å². The summed E-state index contributed by atoms with van der Waals surface area (Å²) >= 11 is 0. The van der Waals surface area contributed by atoms with Gasteiger partial charge in [-0.2, -0.15) is 0 Å². The van der Waals surface area contributed by atoms with E-state index in [2.05, 4.69) is 11.8 Å². The summed E-state index contributed by atoms with van der Waals surface area (Å²) in [4.78, 5) is 2.37. The van der Waals surface area contributed by atoms with Crippen LogP contribution in [0.5, 0.6) is 0 Å². The second-order valence-electron chi connectivity index (χ2n) is 3.84. The van der Waals surface area contributed by atoms with Gasteiger partial charge in [0.05, 0.1) is 6.61 Å². The molecule has 1 aliphatic rings. The average Bonchev–Trinajstić information content (AvgIpc) is 2.66. The number of rotatable bonds is 5. The molecule has 0 aromatic rings. The summed E-state index contributed by atoms with van der Waals surface area (Å²) in [6.45, 7) is 3.92. The number of hydrogen-bond acceptors (Lipinski definition) is 3. The third-order valence-corrected chi connectivity index (χ3v) is 3.11. The van der Waals surface area contributed by atoms with Crippen molar-refractivity contribution >= 4 is 0 Å². The van der Waals surface area contributed by atoms with Crippen LogP contribution in [0, 0.1) is 0 Å². The van der Waals surface area contributed by atoms with Crippen molar-refractivity contribution in [3.05, 3.63) is 0 Å². The van der Waals surface area contributed by atoms with Crippen molar-refractivity contribution in [3.8, 4) is 0 Å². The molecule has 1 unspecified atom stereocenters. The SMILES string of the molecule is CCN(C(CN)CO)C1CCCC1. The summed E-state index contributed by atoms with van der Waals surface area (Å²) in [5.74, 6) is 0. The molecule has 13 heavy (non-hydrogen) atoms. The second kappa shape index (κ2) is 5.58. The molecule has 1 rings (SSSR count). The highest BCUT2D eigenvalue weighted by Crippen LogP contribution is 2.24. The summed E-state index contributed by atoms with van der Waals surface area (Å²) in [6.07, 6.45) is 5.24. The fourth-order valence-electron chi connectivity index (χ4n) is 2.37. The molecule has 0 bridgehead atoms. The monoisotopic (exact) mass is 186 g/mol. The number of aliphatic hydroxyl groups is 1. The Kier molecular flexibility index (Phi) is 4.70. The van der Waals surface area contributed by atoms with Crippen LogP contribution in [-0.2, 0) is 0 Å². The van der Waals surface area contributed by atoms with Crippen LogP contribution >= 0.6 is 0 Å². The molecule has 1 aliphatic carbocycles. The Morgan fingerprint density at radius 3 is 2.46 bits per heavy atom. The van der Waals surface area contributed by atoms with Crippen molar-refractivity contribution < 1.29 is 5.11 Å². The summed E-state index contributed by atoms with van der Waals surface area (Å²) in [5, 5.41) is 9.17. The lowest BCUT2D eigenvalue weighted by molar-refractivity contribution is 0.0941. The normalized spacial score (nSPS) is 21.2. The third kappa shape index (κ3) is 2.66. The molecule has 0 aromatic heterocycles. The van der Waals surface area contributed by atoms with Crippen LogP contribution in [0.15, 0.2) is 0 Å².